The summed E-state index contributed by atoms with van der Waals surface area (Å²) in [5.74, 6) is 1.08. The predicted molar refractivity (Wildman–Crippen MR) is 85.1 cm³/mol. The molecule has 1 heterocycles. The number of carbonyl (C=O) groups excluding carboxylic acids is 1. The Morgan fingerprint density at radius 1 is 1.52 bits per heavy atom. The third-order valence-electron chi connectivity index (χ3n) is 3.47. The van der Waals surface area contributed by atoms with Crippen molar-refractivity contribution in [3.63, 3.8) is 0 Å². The van der Waals surface area contributed by atoms with E-state index in [1.54, 1.807) is 19.3 Å². The van der Waals surface area contributed by atoms with Crippen molar-refractivity contribution >= 4 is 12.0 Å². The van der Waals surface area contributed by atoms with E-state index in [1.165, 1.54) is 11.0 Å². The number of methoxy groups -OCH3 is 1. The maximum Gasteiger partial charge on any atom is 0.247 e. The van der Waals surface area contributed by atoms with E-state index in [0.29, 0.717) is 31.3 Å². The molecule has 1 fully saturated rings. The number of benzene rings is 1. The fraction of sp³-hybridized carbons (Fsp3) is 0.412. The number of hydrogen-bond acceptors (Lipinski definition) is 5. The topological polar surface area (TPSA) is 71.8 Å². The molecule has 1 amide bonds. The minimum Gasteiger partial charge on any atom is -0.493 e. The van der Waals surface area contributed by atoms with Gasteiger partial charge in [-0.2, -0.15) is 5.26 Å². The minimum absolute atomic E-state index is 0.200. The molecule has 0 N–H and O–H groups in total. The van der Waals surface area contributed by atoms with Crippen LogP contribution in [0.1, 0.15) is 12.5 Å². The van der Waals surface area contributed by atoms with Gasteiger partial charge in [0.25, 0.3) is 0 Å². The first-order valence-corrected chi connectivity index (χ1v) is 7.46. The monoisotopic (exact) mass is 316 g/mol. The number of rotatable bonds is 5. The molecule has 1 aromatic rings. The summed E-state index contributed by atoms with van der Waals surface area (Å²) in [6.07, 6.45) is 3.17. The van der Waals surface area contributed by atoms with Gasteiger partial charge >= 0.3 is 0 Å². The molecule has 0 aromatic heterocycles. The molecule has 6 heteroatoms. The van der Waals surface area contributed by atoms with Crippen LogP contribution < -0.4 is 9.47 Å². The van der Waals surface area contributed by atoms with E-state index >= 15 is 0 Å². The molecule has 0 bridgehead atoms. The Morgan fingerprint density at radius 2 is 2.35 bits per heavy atom. The van der Waals surface area contributed by atoms with Crippen LogP contribution in [0.4, 0.5) is 0 Å². The number of morpholine rings is 1. The summed E-state index contributed by atoms with van der Waals surface area (Å²) in [6, 6.07) is 7.00. The molecule has 1 aromatic carbocycles. The molecular weight excluding hydrogens is 296 g/mol. The van der Waals surface area contributed by atoms with Crippen LogP contribution in [0.15, 0.2) is 24.3 Å². The molecule has 0 saturated carbocycles. The van der Waals surface area contributed by atoms with Gasteiger partial charge in [-0.3, -0.25) is 4.79 Å². The Labute approximate surface area is 135 Å². The van der Waals surface area contributed by atoms with E-state index in [4.69, 9.17) is 19.5 Å². The lowest BCUT2D eigenvalue weighted by Gasteiger charge is -2.30. The number of carbonyl (C=O) groups is 1. The van der Waals surface area contributed by atoms with Gasteiger partial charge in [-0.15, -0.1) is 0 Å². The highest BCUT2D eigenvalue weighted by Gasteiger charge is 2.25. The van der Waals surface area contributed by atoms with Gasteiger partial charge in [-0.25, -0.2) is 0 Å². The van der Waals surface area contributed by atoms with Gasteiger partial charge in [0, 0.05) is 12.6 Å². The summed E-state index contributed by atoms with van der Waals surface area (Å²) in [6.45, 7) is 3.56. The lowest BCUT2D eigenvalue weighted by molar-refractivity contribution is -0.132. The number of ether oxygens (including phenoxy) is 3. The number of nitriles is 1. The Balaban J connectivity index is 2.11. The minimum atomic E-state index is -0.532. The number of nitrogens with zero attached hydrogens (tertiary/aromatic N) is 2. The smallest absolute Gasteiger partial charge is 0.247 e. The third kappa shape index (κ3) is 4.24. The van der Waals surface area contributed by atoms with Gasteiger partial charge in [-0.1, -0.05) is 6.07 Å². The van der Waals surface area contributed by atoms with Crippen LogP contribution in [0.25, 0.3) is 6.08 Å². The molecule has 1 atom stereocenters. The molecule has 122 valence electrons. The normalized spacial score (nSPS) is 17.8. The van der Waals surface area contributed by atoms with Crippen molar-refractivity contribution in [2.75, 3.05) is 33.5 Å². The Kier molecular flexibility index (Phi) is 6.01. The zero-order chi connectivity index (χ0) is 16.7. The average molecular weight is 316 g/mol. The molecule has 0 spiro atoms. The van der Waals surface area contributed by atoms with Gasteiger partial charge < -0.3 is 19.1 Å². The molecule has 1 saturated heterocycles. The van der Waals surface area contributed by atoms with Crippen molar-refractivity contribution in [2.45, 2.75) is 13.0 Å². The standard InChI is InChI=1S/C17H20N2O4/c1-3-23-16-10-13(4-6-15(16)21-2)5-7-17(20)19-8-9-22-12-14(19)11-18/h4-7,10,14H,3,8-9,12H2,1-2H3/b7-5+/t14-/m1/s1. The SMILES string of the molecule is CCOc1cc(/C=C/C(=O)N2CCOC[C@H]2C#N)ccc1OC. The maximum atomic E-state index is 12.3. The largest absolute Gasteiger partial charge is 0.493 e. The summed E-state index contributed by atoms with van der Waals surface area (Å²) >= 11 is 0. The van der Waals surface area contributed by atoms with Crippen LogP contribution in [0.2, 0.25) is 0 Å². The molecule has 0 radical (unpaired) electrons. The molecule has 1 aliphatic heterocycles. The van der Waals surface area contributed by atoms with Gasteiger partial charge in [-0.05, 0) is 30.7 Å². The molecule has 23 heavy (non-hydrogen) atoms. The van der Waals surface area contributed by atoms with Crippen molar-refractivity contribution in [3.05, 3.63) is 29.8 Å². The van der Waals surface area contributed by atoms with Gasteiger partial charge in [0.15, 0.2) is 11.5 Å². The summed E-state index contributed by atoms with van der Waals surface area (Å²) in [7, 11) is 1.58. The first kappa shape index (κ1) is 16.8. The maximum absolute atomic E-state index is 12.3. The van der Waals surface area contributed by atoms with Crippen molar-refractivity contribution in [3.8, 4) is 17.6 Å². The fourth-order valence-electron chi connectivity index (χ4n) is 2.30. The van der Waals surface area contributed by atoms with E-state index in [2.05, 4.69) is 6.07 Å². The highest BCUT2D eigenvalue weighted by atomic mass is 16.5. The van der Waals surface area contributed by atoms with Crippen molar-refractivity contribution in [1.82, 2.24) is 4.90 Å². The van der Waals surface area contributed by atoms with Crippen LogP contribution in [0, 0.1) is 11.3 Å². The van der Waals surface area contributed by atoms with Gasteiger partial charge in [0.05, 0.1) is 33.0 Å². The predicted octanol–water partition coefficient (Wildman–Crippen LogP) is 1.86. The lowest BCUT2D eigenvalue weighted by Crippen LogP contribution is -2.47. The van der Waals surface area contributed by atoms with Crippen LogP contribution in [-0.4, -0.2) is 50.3 Å². The van der Waals surface area contributed by atoms with Crippen molar-refractivity contribution < 1.29 is 19.0 Å². The number of hydrogen-bond donors (Lipinski definition) is 0. The molecule has 0 unspecified atom stereocenters. The Morgan fingerprint density at radius 3 is 3.04 bits per heavy atom. The molecular formula is C17H20N2O4. The summed E-state index contributed by atoms with van der Waals surface area (Å²) in [5, 5.41) is 9.07. The second kappa shape index (κ2) is 8.20. The van der Waals surface area contributed by atoms with E-state index in [0.717, 1.165) is 5.56 Å². The van der Waals surface area contributed by atoms with Gasteiger partial charge in [0.1, 0.15) is 6.04 Å². The van der Waals surface area contributed by atoms with Crippen LogP contribution in [0.3, 0.4) is 0 Å². The van der Waals surface area contributed by atoms with Crippen molar-refractivity contribution in [1.29, 1.82) is 5.26 Å². The molecule has 0 aliphatic carbocycles. The fourth-order valence-corrected chi connectivity index (χ4v) is 2.30. The summed E-state index contributed by atoms with van der Waals surface area (Å²) in [5.41, 5.74) is 0.823. The van der Waals surface area contributed by atoms with Gasteiger partial charge in [0.2, 0.25) is 5.91 Å². The summed E-state index contributed by atoms with van der Waals surface area (Å²) < 4.78 is 16.0. The van der Waals surface area contributed by atoms with Crippen LogP contribution in [0.5, 0.6) is 11.5 Å². The first-order valence-electron chi connectivity index (χ1n) is 7.46. The molecule has 1 aliphatic rings. The van der Waals surface area contributed by atoms with E-state index in [9.17, 15) is 4.79 Å². The van der Waals surface area contributed by atoms with E-state index in [1.807, 2.05) is 19.1 Å². The highest BCUT2D eigenvalue weighted by molar-refractivity contribution is 5.92. The zero-order valence-electron chi connectivity index (χ0n) is 13.3. The molecule has 6 nitrogen and oxygen atoms in total. The second-order valence-corrected chi connectivity index (χ2v) is 4.93. The Hall–Kier alpha value is -2.52. The van der Waals surface area contributed by atoms with Crippen LogP contribution >= 0.6 is 0 Å². The highest BCUT2D eigenvalue weighted by Crippen LogP contribution is 2.28. The first-order chi connectivity index (χ1) is 11.2. The van der Waals surface area contributed by atoms with E-state index in [-0.39, 0.29) is 12.5 Å². The average Bonchev–Trinajstić information content (AvgIpc) is 2.60. The zero-order valence-corrected chi connectivity index (χ0v) is 13.3. The lowest BCUT2D eigenvalue weighted by atomic mass is 10.1. The number of amides is 1. The third-order valence-corrected chi connectivity index (χ3v) is 3.47. The molecule has 2 rings (SSSR count). The Bertz CT molecular complexity index is 622. The van der Waals surface area contributed by atoms with Crippen molar-refractivity contribution in [2.24, 2.45) is 0 Å². The quantitative estimate of drug-likeness (QED) is 0.775. The second-order valence-electron chi connectivity index (χ2n) is 4.93. The van der Waals surface area contributed by atoms with E-state index < -0.39 is 6.04 Å². The summed E-state index contributed by atoms with van der Waals surface area (Å²) in [4.78, 5) is 13.8. The van der Waals surface area contributed by atoms with Crippen LogP contribution in [-0.2, 0) is 9.53 Å².